The topological polar surface area (TPSA) is 0 Å². The molecule has 0 spiro atoms. The van der Waals surface area contributed by atoms with Crippen LogP contribution in [0.3, 0.4) is 0 Å². The molecule has 54 valence electrons. The summed E-state index contributed by atoms with van der Waals surface area (Å²) in [4.78, 5) is 0. The van der Waals surface area contributed by atoms with Gasteiger partial charge in [-0.25, -0.2) is 0 Å². The second kappa shape index (κ2) is 4.20. The molecule has 0 amide bonds. The maximum atomic E-state index is 3.44. The summed E-state index contributed by atoms with van der Waals surface area (Å²) in [5.74, 6) is 0. The molecule has 1 atom stereocenters. The van der Waals surface area contributed by atoms with Crippen LogP contribution in [-0.4, -0.2) is 16.9 Å². The van der Waals surface area contributed by atoms with Gasteiger partial charge in [-0.3, -0.25) is 0 Å². The van der Waals surface area contributed by atoms with Crippen LogP contribution in [-0.2, 0) is 6.42 Å². The van der Waals surface area contributed by atoms with Crippen LogP contribution in [0.4, 0.5) is 0 Å². The minimum atomic E-state index is 1.19. The maximum absolute atomic E-state index is 3.44. The molecule has 0 aliphatic carbocycles. The Morgan fingerprint density at radius 1 is 1.40 bits per heavy atom. The van der Waals surface area contributed by atoms with Crippen LogP contribution in [0, 0.1) is 0 Å². The van der Waals surface area contributed by atoms with Crippen molar-refractivity contribution in [1.82, 2.24) is 0 Å². The zero-order valence-corrected chi connectivity index (χ0v) is 9.69. The molecule has 0 nitrogen and oxygen atoms in total. The second-order valence-electron chi connectivity index (χ2n) is 2.17. The third-order valence-corrected chi connectivity index (χ3v) is 2.42. The molecular weight excluding hydrogens is 251 g/mol. The van der Waals surface area contributed by atoms with Gasteiger partial charge in [0, 0.05) is 0 Å². The van der Waals surface area contributed by atoms with E-state index in [1.807, 2.05) is 0 Å². The van der Waals surface area contributed by atoms with Gasteiger partial charge in [0.1, 0.15) is 0 Å². The summed E-state index contributed by atoms with van der Waals surface area (Å²) in [6.45, 7) is 0. The third-order valence-electron chi connectivity index (χ3n) is 1.32. The van der Waals surface area contributed by atoms with Gasteiger partial charge in [-0.1, -0.05) is 0 Å². The summed E-state index contributed by atoms with van der Waals surface area (Å²) in [7, 11) is 0. The van der Waals surface area contributed by atoms with Crippen molar-refractivity contribution in [2.24, 2.45) is 0 Å². The molecule has 0 aromatic heterocycles. The predicted molar refractivity (Wildman–Crippen MR) is 51.2 cm³/mol. The van der Waals surface area contributed by atoms with E-state index < -0.39 is 0 Å². The fourth-order valence-electron chi connectivity index (χ4n) is 0.859. The molecule has 0 aliphatic rings. The zero-order chi connectivity index (χ0) is 7.40. The molecule has 0 fully saturated rings. The van der Waals surface area contributed by atoms with Crippen LogP contribution < -0.4 is 0 Å². The van der Waals surface area contributed by atoms with Crippen LogP contribution in [0.2, 0.25) is 5.21 Å². The number of hydrogen-bond donors (Lipinski definition) is 0. The van der Waals surface area contributed by atoms with Crippen molar-refractivity contribution in [3.63, 3.8) is 0 Å². The van der Waals surface area contributed by atoms with Crippen molar-refractivity contribution in [3.8, 4) is 0 Å². The van der Waals surface area contributed by atoms with Crippen LogP contribution in [0.5, 0.6) is 0 Å². The Morgan fingerprint density at radius 3 is 2.80 bits per heavy atom. The summed E-state index contributed by atoms with van der Waals surface area (Å²) < 4.78 is 1.19. The molecule has 0 bridgehead atoms. The van der Waals surface area contributed by atoms with Gasteiger partial charge in [0.05, 0.1) is 0 Å². The Morgan fingerprint density at radius 2 is 2.20 bits per heavy atom. The Labute approximate surface area is 78.6 Å². The molecule has 10 heavy (non-hydrogen) atoms. The summed E-state index contributed by atoms with van der Waals surface area (Å²) >= 11 is 5.23. The van der Waals surface area contributed by atoms with Crippen molar-refractivity contribution in [1.29, 1.82) is 0 Å². The molecule has 0 N–H and O–H groups in total. The molecule has 0 aliphatic heterocycles. The first-order valence-electron chi connectivity index (χ1n) is 3.27. The molecule has 1 aromatic rings. The van der Waals surface area contributed by atoms with E-state index in [0.29, 0.717) is 0 Å². The third kappa shape index (κ3) is 2.48. The van der Waals surface area contributed by atoms with Crippen molar-refractivity contribution in [3.05, 3.63) is 34.3 Å². The average molecular weight is 261 g/mol. The first-order valence-corrected chi connectivity index (χ1v) is 5.78. The summed E-state index contributed by atoms with van der Waals surface area (Å²) in [6.07, 6.45) is 1.21. The van der Waals surface area contributed by atoms with Crippen molar-refractivity contribution in [2.45, 2.75) is 11.6 Å². The Bertz CT molecular complexity index is 210. The summed E-state index contributed by atoms with van der Waals surface area (Å²) in [5.41, 5.74) is 1.43. The van der Waals surface area contributed by atoms with E-state index in [1.165, 1.54) is 21.7 Å². The molecule has 1 rings (SSSR count). The van der Waals surface area contributed by atoms with Crippen LogP contribution >= 0.6 is 15.9 Å². The van der Waals surface area contributed by atoms with E-state index in [9.17, 15) is 0 Å². The monoisotopic (exact) mass is 260 g/mol. The minimum absolute atomic E-state index is 1.19. The quantitative estimate of drug-likeness (QED) is 0.714. The number of rotatable bonds is 2. The van der Waals surface area contributed by atoms with E-state index in [0.717, 1.165) is 0 Å². The number of aryl methyl sites for hydroxylation is 1. The van der Waals surface area contributed by atoms with Gasteiger partial charge < -0.3 is 0 Å². The van der Waals surface area contributed by atoms with Gasteiger partial charge >= 0.3 is 78.7 Å². The Hall–Kier alpha value is 0.258. The molecular formula is C8H10AsBr. The molecule has 2 heteroatoms. The van der Waals surface area contributed by atoms with Crippen LogP contribution in [0.15, 0.2) is 28.7 Å². The number of halogens is 1. The van der Waals surface area contributed by atoms with E-state index in [4.69, 9.17) is 0 Å². The van der Waals surface area contributed by atoms with Crippen LogP contribution in [0.1, 0.15) is 5.56 Å². The molecule has 1 aromatic carbocycles. The summed E-state index contributed by atoms with van der Waals surface area (Å²) in [5, 5.41) is 1.28. The molecule has 0 heterocycles. The first kappa shape index (κ1) is 8.36. The molecule has 1 unspecified atom stereocenters. The molecule has 0 radical (unpaired) electrons. The standard InChI is InChI=1S/C8H10AsBr/c9-5-4-7-2-1-3-8(10)6-7/h1-3,6H,4-5,9H2. The molecule has 0 saturated carbocycles. The van der Waals surface area contributed by atoms with Crippen LogP contribution in [0.25, 0.3) is 0 Å². The number of benzene rings is 1. The van der Waals surface area contributed by atoms with E-state index in [-0.39, 0.29) is 0 Å². The van der Waals surface area contributed by atoms with Gasteiger partial charge in [-0.05, 0) is 0 Å². The van der Waals surface area contributed by atoms with E-state index >= 15 is 0 Å². The van der Waals surface area contributed by atoms with Gasteiger partial charge in [0.15, 0.2) is 0 Å². The summed E-state index contributed by atoms with van der Waals surface area (Å²) in [6, 6.07) is 8.50. The predicted octanol–water partition coefficient (Wildman–Crippen LogP) is 2.04. The second-order valence-corrected chi connectivity index (χ2v) is 4.30. The Balaban J connectivity index is 2.75. The van der Waals surface area contributed by atoms with Crippen molar-refractivity contribution in [2.75, 3.05) is 0 Å². The van der Waals surface area contributed by atoms with Gasteiger partial charge in [0.2, 0.25) is 0 Å². The molecule has 0 saturated heterocycles. The Kier molecular flexibility index (Phi) is 3.51. The van der Waals surface area contributed by atoms with Crippen molar-refractivity contribution >= 4 is 32.8 Å². The van der Waals surface area contributed by atoms with Gasteiger partial charge in [-0.15, -0.1) is 0 Å². The van der Waals surface area contributed by atoms with E-state index in [1.54, 1.807) is 16.9 Å². The number of hydrogen-bond acceptors (Lipinski definition) is 0. The fraction of sp³-hybridized carbons (Fsp3) is 0.250. The van der Waals surface area contributed by atoms with Crippen molar-refractivity contribution < 1.29 is 0 Å². The zero-order valence-electron chi connectivity index (χ0n) is 5.68. The first-order chi connectivity index (χ1) is 4.83. The van der Waals surface area contributed by atoms with Gasteiger partial charge in [-0.2, -0.15) is 0 Å². The van der Waals surface area contributed by atoms with E-state index in [2.05, 4.69) is 40.2 Å². The van der Waals surface area contributed by atoms with Gasteiger partial charge in [0.25, 0.3) is 0 Å². The average Bonchev–Trinajstić information content (AvgIpc) is 1.88. The normalized spacial score (nSPS) is 9.80. The fourth-order valence-corrected chi connectivity index (χ4v) is 2.01. The SMILES string of the molecule is [AsH2]CCc1cccc(Br)c1.